The van der Waals surface area contributed by atoms with Crippen molar-refractivity contribution in [3.8, 4) is 12.3 Å². The van der Waals surface area contributed by atoms with Crippen LogP contribution in [0.1, 0.15) is 43.1 Å². The highest BCUT2D eigenvalue weighted by molar-refractivity contribution is 5.97. The van der Waals surface area contributed by atoms with Crippen LogP contribution >= 0.6 is 0 Å². The number of amides is 2. The summed E-state index contributed by atoms with van der Waals surface area (Å²) in [5.74, 6) is 0.768. The van der Waals surface area contributed by atoms with E-state index in [9.17, 15) is 14.4 Å². The summed E-state index contributed by atoms with van der Waals surface area (Å²) in [6.07, 6.45) is 5.17. The number of carbonyl (C=O) groups excluding carboxylic acids is 3. The lowest BCUT2D eigenvalue weighted by Gasteiger charge is -2.19. The van der Waals surface area contributed by atoms with Crippen LogP contribution in [0.4, 0.5) is 0 Å². The number of ether oxygens (including phenoxy) is 1. The molecule has 1 aromatic rings. The van der Waals surface area contributed by atoms with Crippen molar-refractivity contribution >= 4 is 17.8 Å². The quantitative estimate of drug-likeness (QED) is 0.603. The molecular formula is C19H24N2O4. The monoisotopic (exact) mass is 344 g/mol. The summed E-state index contributed by atoms with van der Waals surface area (Å²) in [7, 11) is 1.21. The summed E-state index contributed by atoms with van der Waals surface area (Å²) >= 11 is 0. The summed E-state index contributed by atoms with van der Waals surface area (Å²) in [6.45, 7) is 5.99. The molecule has 0 aliphatic carbocycles. The predicted octanol–water partition coefficient (Wildman–Crippen LogP) is 1.39. The lowest BCUT2D eigenvalue weighted by molar-refractivity contribution is -0.144. The van der Waals surface area contributed by atoms with Gasteiger partial charge >= 0.3 is 5.97 Å². The van der Waals surface area contributed by atoms with E-state index in [2.05, 4.69) is 42.1 Å². The molecule has 0 spiro atoms. The Balaban J connectivity index is 2.59. The first-order valence-corrected chi connectivity index (χ1v) is 7.88. The molecule has 1 aromatic carbocycles. The molecule has 0 unspecified atom stereocenters. The molecule has 0 fully saturated rings. The van der Waals surface area contributed by atoms with Gasteiger partial charge in [-0.2, -0.15) is 0 Å². The highest BCUT2D eigenvalue weighted by Gasteiger charge is 2.20. The van der Waals surface area contributed by atoms with Crippen LogP contribution in [0.15, 0.2) is 24.3 Å². The largest absolute Gasteiger partial charge is 0.467 e. The predicted molar refractivity (Wildman–Crippen MR) is 94.9 cm³/mol. The van der Waals surface area contributed by atoms with Crippen LogP contribution in [-0.4, -0.2) is 37.5 Å². The van der Waals surface area contributed by atoms with Crippen molar-refractivity contribution in [1.29, 1.82) is 0 Å². The Morgan fingerprint density at radius 2 is 1.80 bits per heavy atom. The van der Waals surface area contributed by atoms with E-state index in [-0.39, 0.29) is 24.3 Å². The third-order valence-corrected chi connectivity index (χ3v) is 3.57. The van der Waals surface area contributed by atoms with Gasteiger partial charge in [0.25, 0.3) is 5.91 Å². The zero-order valence-corrected chi connectivity index (χ0v) is 15.0. The van der Waals surface area contributed by atoms with E-state index in [0.717, 1.165) is 5.56 Å². The van der Waals surface area contributed by atoms with Gasteiger partial charge in [-0.15, -0.1) is 12.3 Å². The average Bonchev–Trinajstić information content (AvgIpc) is 2.58. The van der Waals surface area contributed by atoms with Crippen LogP contribution in [0.3, 0.4) is 0 Å². The van der Waals surface area contributed by atoms with Crippen LogP contribution in [0.5, 0.6) is 0 Å². The van der Waals surface area contributed by atoms with Crippen molar-refractivity contribution in [2.75, 3.05) is 13.7 Å². The molecule has 0 saturated carbocycles. The second kappa shape index (κ2) is 8.88. The first-order valence-electron chi connectivity index (χ1n) is 7.88. The number of hydrogen-bond donors (Lipinski definition) is 2. The number of terminal acetylenes is 1. The number of nitrogens with one attached hydrogen (secondary N) is 2. The molecule has 0 aliphatic heterocycles. The first kappa shape index (κ1) is 20.2. The molecule has 0 radical (unpaired) electrons. The lowest BCUT2D eigenvalue weighted by atomic mass is 9.87. The molecule has 6 nitrogen and oxygen atoms in total. The summed E-state index contributed by atoms with van der Waals surface area (Å²) in [5.41, 5.74) is 1.56. The molecule has 6 heteroatoms. The van der Waals surface area contributed by atoms with Crippen molar-refractivity contribution in [1.82, 2.24) is 10.6 Å². The second-order valence-corrected chi connectivity index (χ2v) is 6.56. The Morgan fingerprint density at radius 1 is 1.20 bits per heavy atom. The molecule has 2 amide bonds. The van der Waals surface area contributed by atoms with E-state index < -0.39 is 17.9 Å². The Morgan fingerprint density at radius 3 is 2.28 bits per heavy atom. The number of esters is 1. The van der Waals surface area contributed by atoms with Crippen LogP contribution in [0.2, 0.25) is 0 Å². The second-order valence-electron chi connectivity index (χ2n) is 6.56. The summed E-state index contributed by atoms with van der Waals surface area (Å²) in [6, 6.07) is 6.27. The smallest absolute Gasteiger partial charge is 0.329 e. The van der Waals surface area contributed by atoms with Crippen LogP contribution < -0.4 is 10.6 Å². The summed E-state index contributed by atoms with van der Waals surface area (Å²) < 4.78 is 4.56. The highest BCUT2D eigenvalue weighted by atomic mass is 16.5. The molecule has 1 atom stereocenters. The molecule has 25 heavy (non-hydrogen) atoms. The Bertz CT molecular complexity index is 666. The first-order chi connectivity index (χ1) is 11.7. The minimum absolute atomic E-state index is 0.00514. The molecule has 1 rings (SSSR count). The van der Waals surface area contributed by atoms with Gasteiger partial charge in [-0.25, -0.2) is 4.79 Å². The van der Waals surface area contributed by atoms with E-state index in [1.54, 1.807) is 12.1 Å². The van der Waals surface area contributed by atoms with Gasteiger partial charge in [0.1, 0.15) is 6.04 Å². The van der Waals surface area contributed by atoms with Gasteiger partial charge in [0.2, 0.25) is 5.91 Å². The normalized spacial score (nSPS) is 11.8. The topological polar surface area (TPSA) is 84.5 Å². The van der Waals surface area contributed by atoms with E-state index in [4.69, 9.17) is 6.42 Å². The fraction of sp³-hybridized carbons (Fsp3) is 0.421. The van der Waals surface area contributed by atoms with Crippen LogP contribution in [-0.2, 0) is 19.7 Å². The average molecular weight is 344 g/mol. The van der Waals surface area contributed by atoms with E-state index in [1.807, 2.05) is 12.1 Å². The molecule has 0 bridgehead atoms. The molecule has 0 aromatic heterocycles. The molecule has 0 heterocycles. The number of methoxy groups -OCH3 is 1. The Hall–Kier alpha value is -2.81. The number of carbonyl (C=O) groups is 3. The van der Waals surface area contributed by atoms with Crippen molar-refractivity contribution in [2.24, 2.45) is 0 Å². The van der Waals surface area contributed by atoms with Crippen molar-refractivity contribution in [3.05, 3.63) is 35.4 Å². The van der Waals surface area contributed by atoms with Crippen LogP contribution in [0, 0.1) is 12.3 Å². The van der Waals surface area contributed by atoms with Gasteiger partial charge in [-0.1, -0.05) is 32.9 Å². The maximum atomic E-state index is 12.1. The van der Waals surface area contributed by atoms with Gasteiger partial charge in [0.15, 0.2) is 0 Å². The highest BCUT2D eigenvalue weighted by Crippen LogP contribution is 2.22. The van der Waals surface area contributed by atoms with Gasteiger partial charge in [-0.05, 0) is 23.1 Å². The zero-order chi connectivity index (χ0) is 19.0. The lowest BCUT2D eigenvalue weighted by Crippen LogP contribution is -2.45. The van der Waals surface area contributed by atoms with Gasteiger partial charge in [0.05, 0.1) is 13.7 Å². The molecule has 2 N–H and O–H groups in total. The van der Waals surface area contributed by atoms with Crippen LogP contribution in [0.25, 0.3) is 0 Å². The number of rotatable bonds is 6. The molecule has 134 valence electrons. The van der Waals surface area contributed by atoms with Crippen molar-refractivity contribution in [2.45, 2.75) is 38.6 Å². The minimum Gasteiger partial charge on any atom is -0.467 e. The van der Waals surface area contributed by atoms with Crippen molar-refractivity contribution in [3.63, 3.8) is 0 Å². The maximum Gasteiger partial charge on any atom is 0.329 e. The maximum absolute atomic E-state index is 12.1. The Kier molecular flexibility index (Phi) is 7.19. The summed E-state index contributed by atoms with van der Waals surface area (Å²) in [5, 5.41) is 4.94. The Labute approximate surface area is 148 Å². The molecule has 0 aliphatic rings. The van der Waals surface area contributed by atoms with Crippen molar-refractivity contribution < 1.29 is 19.1 Å². The van der Waals surface area contributed by atoms with Gasteiger partial charge < -0.3 is 15.4 Å². The van der Waals surface area contributed by atoms with E-state index in [1.165, 1.54) is 7.11 Å². The minimum atomic E-state index is -0.925. The fourth-order valence-corrected chi connectivity index (χ4v) is 2.08. The third kappa shape index (κ3) is 6.30. The SMILES string of the molecule is C#CC[C@H](NC(=O)CNC(=O)c1ccc(C(C)(C)C)cc1)C(=O)OC. The molecule has 0 saturated heterocycles. The van der Waals surface area contributed by atoms with E-state index >= 15 is 0 Å². The zero-order valence-electron chi connectivity index (χ0n) is 15.0. The number of benzene rings is 1. The van der Waals surface area contributed by atoms with E-state index in [0.29, 0.717) is 5.56 Å². The van der Waals surface area contributed by atoms with Gasteiger partial charge in [0, 0.05) is 12.0 Å². The molecular weight excluding hydrogens is 320 g/mol. The summed E-state index contributed by atoms with van der Waals surface area (Å²) in [4.78, 5) is 35.5. The van der Waals surface area contributed by atoms with Gasteiger partial charge in [-0.3, -0.25) is 9.59 Å². The standard InChI is InChI=1S/C19H24N2O4/c1-6-7-15(18(24)25-5)21-16(22)12-20-17(23)13-8-10-14(11-9-13)19(2,3)4/h1,8-11,15H,7,12H2,2-5H3,(H,20,23)(H,21,22)/t15-/m0/s1. The number of hydrogen-bond acceptors (Lipinski definition) is 4. The fourth-order valence-electron chi connectivity index (χ4n) is 2.08. The third-order valence-electron chi connectivity index (χ3n) is 3.57.